The van der Waals surface area contributed by atoms with Crippen LogP contribution in [0.25, 0.3) is 10.9 Å². The lowest BCUT2D eigenvalue weighted by atomic mass is 9.98. The van der Waals surface area contributed by atoms with Gasteiger partial charge in [0.2, 0.25) is 0 Å². The molecular formula is C22H18F7N3O2. The fourth-order valence-corrected chi connectivity index (χ4v) is 3.49. The zero-order valence-electron chi connectivity index (χ0n) is 17.7. The Labute approximate surface area is 188 Å². The lowest BCUT2D eigenvalue weighted by Gasteiger charge is -2.23. The third kappa shape index (κ3) is 5.32. The third-order valence-corrected chi connectivity index (χ3v) is 4.91. The van der Waals surface area contributed by atoms with E-state index in [9.17, 15) is 35.5 Å². The predicted molar refractivity (Wildman–Crippen MR) is 110 cm³/mol. The number of halogens is 7. The van der Waals surface area contributed by atoms with Crippen molar-refractivity contribution in [3.63, 3.8) is 0 Å². The van der Waals surface area contributed by atoms with Gasteiger partial charge >= 0.3 is 18.4 Å². The molecule has 1 heterocycles. The monoisotopic (exact) mass is 489 g/mol. The van der Waals surface area contributed by atoms with Gasteiger partial charge in [-0.3, -0.25) is 9.98 Å². The molecule has 2 aromatic carbocycles. The van der Waals surface area contributed by atoms with Gasteiger partial charge in [0.1, 0.15) is 11.4 Å². The molecule has 0 aliphatic carbocycles. The van der Waals surface area contributed by atoms with Crippen molar-refractivity contribution in [3.8, 4) is 0 Å². The number of carbonyl (C=O) groups excluding carboxylic acids is 1. The Morgan fingerprint density at radius 2 is 1.65 bits per heavy atom. The van der Waals surface area contributed by atoms with Crippen LogP contribution < -0.4 is 5.32 Å². The lowest BCUT2D eigenvalue weighted by molar-refractivity contribution is -0.143. The quantitative estimate of drug-likeness (QED) is 0.234. The number of hydrogen-bond donors (Lipinski definition) is 2. The largest absolute Gasteiger partial charge is 0.478 e. The summed E-state index contributed by atoms with van der Waals surface area (Å²) < 4.78 is 99.4. The highest BCUT2D eigenvalue weighted by atomic mass is 19.4. The van der Waals surface area contributed by atoms with E-state index in [1.807, 2.05) is 5.32 Å². The SMILES string of the molecule is CC(C)(Cc1cn(C(=O)Nc2cc(C(F)(F)F)cc(C(F)(F)F)c2)c2cccc(F)c12)OC=N. The molecule has 0 radical (unpaired) electrons. The number of hydrogen-bond acceptors (Lipinski definition) is 3. The van der Waals surface area contributed by atoms with E-state index in [1.165, 1.54) is 18.3 Å². The number of nitrogens with zero attached hydrogens (tertiary/aromatic N) is 1. The topological polar surface area (TPSA) is 67.1 Å². The van der Waals surface area contributed by atoms with Crippen LogP contribution in [0, 0.1) is 11.2 Å². The molecule has 0 spiro atoms. The average molecular weight is 489 g/mol. The molecule has 0 bridgehead atoms. The number of amides is 1. The first-order valence-electron chi connectivity index (χ1n) is 9.68. The summed E-state index contributed by atoms with van der Waals surface area (Å²) in [5.41, 5.74) is -4.56. The van der Waals surface area contributed by atoms with E-state index in [4.69, 9.17) is 10.1 Å². The molecule has 2 N–H and O–H groups in total. The Bertz CT molecular complexity index is 1210. The second-order valence-corrected chi connectivity index (χ2v) is 8.06. The highest BCUT2D eigenvalue weighted by Gasteiger charge is 2.37. The molecular weight excluding hydrogens is 471 g/mol. The van der Waals surface area contributed by atoms with Gasteiger partial charge in [-0.2, -0.15) is 26.3 Å². The zero-order chi connectivity index (χ0) is 25.5. The van der Waals surface area contributed by atoms with E-state index in [0.29, 0.717) is 18.5 Å². The molecule has 0 aliphatic rings. The van der Waals surface area contributed by atoms with E-state index < -0.39 is 46.6 Å². The highest BCUT2D eigenvalue weighted by Crippen LogP contribution is 2.38. The van der Waals surface area contributed by atoms with Gasteiger partial charge in [0, 0.05) is 23.7 Å². The first kappa shape index (κ1) is 25.1. The van der Waals surface area contributed by atoms with Gasteiger partial charge in [0.25, 0.3) is 0 Å². The van der Waals surface area contributed by atoms with E-state index in [1.54, 1.807) is 13.8 Å². The van der Waals surface area contributed by atoms with Gasteiger partial charge in [0.15, 0.2) is 6.40 Å². The van der Waals surface area contributed by atoms with Crippen LogP contribution in [0.5, 0.6) is 0 Å². The molecule has 5 nitrogen and oxygen atoms in total. The van der Waals surface area contributed by atoms with Crippen molar-refractivity contribution in [2.24, 2.45) is 0 Å². The summed E-state index contributed by atoms with van der Waals surface area (Å²) >= 11 is 0. The van der Waals surface area contributed by atoms with Crippen molar-refractivity contribution in [2.75, 3.05) is 5.32 Å². The van der Waals surface area contributed by atoms with Crippen LogP contribution in [0.1, 0.15) is 30.5 Å². The highest BCUT2D eigenvalue weighted by molar-refractivity contribution is 6.00. The summed E-state index contributed by atoms with van der Waals surface area (Å²) in [7, 11) is 0. The lowest BCUT2D eigenvalue weighted by Crippen LogP contribution is -2.26. The number of carbonyl (C=O) groups is 1. The number of rotatable bonds is 5. The fourth-order valence-electron chi connectivity index (χ4n) is 3.49. The average Bonchev–Trinajstić information content (AvgIpc) is 3.05. The Morgan fingerprint density at radius 1 is 1.06 bits per heavy atom. The molecule has 0 unspecified atom stereocenters. The molecule has 3 aromatic rings. The van der Waals surface area contributed by atoms with E-state index >= 15 is 0 Å². The van der Waals surface area contributed by atoms with Crippen molar-refractivity contribution in [1.82, 2.24) is 4.57 Å². The van der Waals surface area contributed by atoms with Crippen molar-refractivity contribution in [3.05, 3.63) is 65.1 Å². The summed E-state index contributed by atoms with van der Waals surface area (Å²) in [6, 6.07) is 3.42. The Balaban J connectivity index is 2.06. The van der Waals surface area contributed by atoms with E-state index in [2.05, 4.69) is 0 Å². The maximum absolute atomic E-state index is 14.6. The van der Waals surface area contributed by atoms with Crippen molar-refractivity contribution in [2.45, 2.75) is 38.2 Å². The number of nitrogens with one attached hydrogen (secondary N) is 2. The van der Waals surface area contributed by atoms with Crippen LogP contribution in [0.4, 0.5) is 41.2 Å². The van der Waals surface area contributed by atoms with Crippen LogP contribution in [-0.4, -0.2) is 22.6 Å². The van der Waals surface area contributed by atoms with E-state index in [0.717, 1.165) is 10.6 Å². The number of benzene rings is 2. The molecule has 34 heavy (non-hydrogen) atoms. The maximum Gasteiger partial charge on any atom is 0.416 e. The first-order chi connectivity index (χ1) is 15.6. The second-order valence-electron chi connectivity index (χ2n) is 8.06. The van der Waals surface area contributed by atoms with Crippen LogP contribution in [0.3, 0.4) is 0 Å². The predicted octanol–water partition coefficient (Wildman–Crippen LogP) is 6.84. The Kier molecular flexibility index (Phi) is 6.38. The molecule has 0 saturated carbocycles. The summed E-state index contributed by atoms with van der Waals surface area (Å²) in [5.74, 6) is -0.692. The fraction of sp³-hybridized carbons (Fsp3) is 0.273. The minimum absolute atomic E-state index is 0.0272. The summed E-state index contributed by atoms with van der Waals surface area (Å²) in [5, 5.41) is 9.16. The smallest absolute Gasteiger partial charge is 0.416 e. The van der Waals surface area contributed by atoms with Crippen LogP contribution in [-0.2, 0) is 23.5 Å². The van der Waals surface area contributed by atoms with Gasteiger partial charge in [-0.1, -0.05) is 6.07 Å². The summed E-state index contributed by atoms with van der Waals surface area (Å²) in [4.78, 5) is 12.9. The molecule has 1 aromatic heterocycles. The molecule has 0 aliphatic heterocycles. The standard InChI is InChI=1S/C22H18F7N3O2/c1-20(2,34-11-30)9-12-10-32(17-5-3-4-16(23)18(12)17)19(33)31-15-7-13(21(24,25)26)6-14(8-15)22(27,28)29/h3-8,10-11,30H,9H2,1-2H3,(H,31,33). The van der Waals surface area contributed by atoms with Gasteiger partial charge < -0.3 is 10.1 Å². The minimum Gasteiger partial charge on any atom is -0.478 e. The normalized spacial score (nSPS) is 12.6. The minimum atomic E-state index is -5.09. The van der Waals surface area contributed by atoms with Crippen molar-refractivity contribution < 1.29 is 40.3 Å². The van der Waals surface area contributed by atoms with Crippen LogP contribution in [0.15, 0.2) is 42.6 Å². The van der Waals surface area contributed by atoms with Crippen molar-refractivity contribution >= 4 is 29.0 Å². The zero-order valence-corrected chi connectivity index (χ0v) is 17.7. The summed E-state index contributed by atoms with van der Waals surface area (Å²) in [6.07, 6.45) is -8.21. The summed E-state index contributed by atoms with van der Waals surface area (Å²) in [6.45, 7) is 3.23. The van der Waals surface area contributed by atoms with Crippen LogP contribution >= 0.6 is 0 Å². The molecule has 1 amide bonds. The third-order valence-electron chi connectivity index (χ3n) is 4.91. The molecule has 0 atom stereocenters. The molecule has 182 valence electrons. The molecule has 3 rings (SSSR count). The molecule has 0 fully saturated rings. The van der Waals surface area contributed by atoms with Gasteiger partial charge in [0.05, 0.1) is 16.6 Å². The first-order valence-corrected chi connectivity index (χ1v) is 9.68. The second kappa shape index (κ2) is 8.65. The number of fused-ring (bicyclic) bond motifs is 1. The molecule has 0 saturated heterocycles. The molecule has 12 heteroatoms. The number of ether oxygens (including phenoxy) is 1. The van der Waals surface area contributed by atoms with Gasteiger partial charge in [-0.15, -0.1) is 0 Å². The Hall–Kier alpha value is -3.57. The number of anilines is 1. The number of aromatic nitrogens is 1. The number of alkyl halides is 6. The van der Waals surface area contributed by atoms with E-state index in [-0.39, 0.29) is 29.0 Å². The van der Waals surface area contributed by atoms with Gasteiger partial charge in [-0.05, 0) is 49.7 Å². The maximum atomic E-state index is 14.6. The van der Waals surface area contributed by atoms with Gasteiger partial charge in [-0.25, -0.2) is 9.18 Å². The Morgan fingerprint density at radius 3 is 2.18 bits per heavy atom. The van der Waals surface area contributed by atoms with Crippen LogP contribution in [0.2, 0.25) is 0 Å². The van der Waals surface area contributed by atoms with Crippen molar-refractivity contribution in [1.29, 1.82) is 5.41 Å².